The molecule has 118 valence electrons. The first-order chi connectivity index (χ1) is 11.7. The van der Waals surface area contributed by atoms with Crippen molar-refractivity contribution in [1.82, 2.24) is 14.8 Å². The smallest absolute Gasteiger partial charge is 0.149 e. The summed E-state index contributed by atoms with van der Waals surface area (Å²) in [6.45, 7) is 4.20. The first-order valence-electron chi connectivity index (χ1n) is 8.21. The van der Waals surface area contributed by atoms with E-state index in [9.17, 15) is 0 Å². The summed E-state index contributed by atoms with van der Waals surface area (Å²) >= 11 is 0. The number of aromatic nitrogens is 3. The molecule has 2 N–H and O–H groups in total. The molecule has 4 heteroatoms. The third-order valence-electron chi connectivity index (χ3n) is 4.85. The van der Waals surface area contributed by atoms with Crippen molar-refractivity contribution in [3.8, 4) is 11.3 Å². The minimum atomic E-state index is -0.0153. The van der Waals surface area contributed by atoms with E-state index in [0.717, 1.165) is 11.2 Å². The fraction of sp³-hybridized carbons (Fsp3) is 0.150. The number of nitrogens with zero attached hydrogens (tertiary/aromatic N) is 2. The zero-order valence-electron chi connectivity index (χ0n) is 13.7. The minimum Gasteiger partial charge on any atom is -0.361 e. The first kappa shape index (κ1) is 13.4. The van der Waals surface area contributed by atoms with Gasteiger partial charge in [0.15, 0.2) is 0 Å². The van der Waals surface area contributed by atoms with Gasteiger partial charge in [0.25, 0.3) is 0 Å². The highest BCUT2D eigenvalue weighted by Crippen LogP contribution is 2.41. The van der Waals surface area contributed by atoms with Gasteiger partial charge < -0.3 is 10.3 Å². The van der Waals surface area contributed by atoms with Crippen LogP contribution in [0.5, 0.6) is 0 Å². The van der Waals surface area contributed by atoms with Crippen LogP contribution >= 0.6 is 0 Å². The molecule has 1 atom stereocenters. The highest BCUT2D eigenvalue weighted by molar-refractivity contribution is 5.86. The van der Waals surface area contributed by atoms with E-state index >= 15 is 0 Å². The highest BCUT2D eigenvalue weighted by Gasteiger charge is 2.28. The van der Waals surface area contributed by atoms with Gasteiger partial charge in [-0.25, -0.2) is 4.68 Å². The van der Waals surface area contributed by atoms with Gasteiger partial charge in [-0.15, -0.1) is 0 Å². The molecule has 3 heterocycles. The van der Waals surface area contributed by atoms with E-state index in [-0.39, 0.29) is 6.17 Å². The Hall–Kier alpha value is -3.01. The predicted molar refractivity (Wildman–Crippen MR) is 97.2 cm³/mol. The largest absolute Gasteiger partial charge is 0.361 e. The molecule has 0 unspecified atom stereocenters. The second-order valence-corrected chi connectivity index (χ2v) is 6.45. The minimum absolute atomic E-state index is 0.0153. The monoisotopic (exact) mass is 314 g/mol. The Morgan fingerprint density at radius 3 is 2.83 bits per heavy atom. The van der Waals surface area contributed by atoms with Crippen molar-refractivity contribution in [1.29, 1.82) is 0 Å². The zero-order valence-corrected chi connectivity index (χ0v) is 13.7. The molecular weight excluding hydrogens is 296 g/mol. The lowest BCUT2D eigenvalue weighted by Gasteiger charge is -2.30. The number of rotatable bonds is 1. The number of aryl methyl sites for hydroxylation is 2. The lowest BCUT2D eigenvalue weighted by molar-refractivity contribution is 0.574. The van der Waals surface area contributed by atoms with E-state index in [1.165, 1.54) is 33.5 Å². The number of nitrogens with one attached hydrogen (secondary N) is 2. The van der Waals surface area contributed by atoms with Gasteiger partial charge in [-0.3, -0.25) is 0 Å². The molecule has 0 saturated heterocycles. The van der Waals surface area contributed by atoms with E-state index in [0.29, 0.717) is 0 Å². The summed E-state index contributed by atoms with van der Waals surface area (Å²) in [7, 11) is 0. The van der Waals surface area contributed by atoms with Crippen molar-refractivity contribution in [3.63, 3.8) is 0 Å². The molecule has 0 amide bonds. The van der Waals surface area contributed by atoms with Gasteiger partial charge in [-0.05, 0) is 31.5 Å². The molecule has 0 radical (unpaired) electrons. The van der Waals surface area contributed by atoms with Gasteiger partial charge in [0.2, 0.25) is 0 Å². The summed E-state index contributed by atoms with van der Waals surface area (Å²) in [6.07, 6.45) is 2.07. The van der Waals surface area contributed by atoms with Gasteiger partial charge in [0.1, 0.15) is 6.17 Å². The fourth-order valence-electron chi connectivity index (χ4n) is 3.71. The number of hydrogen-bond donors (Lipinski definition) is 2. The first-order valence-corrected chi connectivity index (χ1v) is 8.21. The summed E-state index contributed by atoms with van der Waals surface area (Å²) in [5.41, 5.74) is 8.22. The highest BCUT2D eigenvalue weighted by atomic mass is 15.4. The molecule has 0 spiro atoms. The second-order valence-electron chi connectivity index (χ2n) is 6.45. The van der Waals surface area contributed by atoms with E-state index in [1.54, 1.807) is 0 Å². The summed E-state index contributed by atoms with van der Waals surface area (Å²) in [5, 5.41) is 9.70. The zero-order chi connectivity index (χ0) is 16.3. The molecule has 1 aliphatic heterocycles. The van der Waals surface area contributed by atoms with E-state index < -0.39 is 0 Å². The number of anilines is 1. The Morgan fingerprint density at radius 2 is 1.92 bits per heavy atom. The topological polar surface area (TPSA) is 45.6 Å². The molecule has 0 bridgehead atoms. The standard InChI is InChI=1S/C20H18N4/c1-12-6-5-8-15-18-10-13(2)23-24(18)20(22-19(12)15)16-11-21-17-9-4-3-7-14(16)17/h3-11,20-22H,1-2H3/t20-/m1/s1. The summed E-state index contributed by atoms with van der Waals surface area (Å²) in [4.78, 5) is 3.38. The maximum Gasteiger partial charge on any atom is 0.149 e. The van der Waals surface area contributed by atoms with Crippen LogP contribution in [-0.2, 0) is 0 Å². The van der Waals surface area contributed by atoms with Gasteiger partial charge in [0.05, 0.1) is 11.4 Å². The van der Waals surface area contributed by atoms with Crippen LogP contribution in [0.15, 0.2) is 54.7 Å². The van der Waals surface area contributed by atoms with Crippen LogP contribution in [0.4, 0.5) is 5.69 Å². The molecule has 24 heavy (non-hydrogen) atoms. The van der Waals surface area contributed by atoms with Crippen molar-refractivity contribution >= 4 is 16.6 Å². The van der Waals surface area contributed by atoms with Crippen LogP contribution in [0.3, 0.4) is 0 Å². The number of benzene rings is 2. The number of para-hydroxylation sites is 2. The average molecular weight is 314 g/mol. The Bertz CT molecular complexity index is 1070. The third-order valence-corrected chi connectivity index (χ3v) is 4.85. The van der Waals surface area contributed by atoms with Crippen LogP contribution in [0.25, 0.3) is 22.2 Å². The lowest BCUT2D eigenvalue weighted by Crippen LogP contribution is -2.26. The van der Waals surface area contributed by atoms with Crippen molar-refractivity contribution in [2.45, 2.75) is 20.0 Å². The Kier molecular flexibility index (Phi) is 2.65. The maximum atomic E-state index is 4.76. The van der Waals surface area contributed by atoms with E-state index in [4.69, 9.17) is 5.10 Å². The van der Waals surface area contributed by atoms with Crippen LogP contribution < -0.4 is 5.32 Å². The molecule has 0 fully saturated rings. The second kappa shape index (κ2) is 4.74. The van der Waals surface area contributed by atoms with Crippen molar-refractivity contribution in [3.05, 3.63) is 71.5 Å². The van der Waals surface area contributed by atoms with Crippen LogP contribution in [0.2, 0.25) is 0 Å². The molecular formula is C20H18N4. The number of hydrogen-bond acceptors (Lipinski definition) is 2. The van der Waals surface area contributed by atoms with Crippen LogP contribution in [0, 0.1) is 13.8 Å². The molecule has 4 nitrogen and oxygen atoms in total. The Balaban J connectivity index is 1.78. The molecule has 2 aromatic carbocycles. The molecule has 5 rings (SSSR count). The maximum absolute atomic E-state index is 4.76. The van der Waals surface area contributed by atoms with Gasteiger partial charge >= 0.3 is 0 Å². The van der Waals surface area contributed by atoms with Gasteiger partial charge in [-0.2, -0.15) is 5.10 Å². The van der Waals surface area contributed by atoms with E-state index in [2.05, 4.69) is 76.6 Å². The van der Waals surface area contributed by atoms with Crippen LogP contribution in [0.1, 0.15) is 23.0 Å². The van der Waals surface area contributed by atoms with E-state index in [1.807, 2.05) is 6.92 Å². The molecule has 0 aliphatic carbocycles. The summed E-state index contributed by atoms with van der Waals surface area (Å²) in [6, 6.07) is 17.0. The lowest BCUT2D eigenvalue weighted by atomic mass is 10.0. The van der Waals surface area contributed by atoms with Crippen molar-refractivity contribution < 1.29 is 0 Å². The molecule has 4 aromatic rings. The van der Waals surface area contributed by atoms with Crippen molar-refractivity contribution in [2.75, 3.05) is 5.32 Å². The fourth-order valence-corrected chi connectivity index (χ4v) is 3.71. The predicted octanol–water partition coefficient (Wildman–Crippen LogP) is 4.62. The number of aromatic amines is 1. The Labute approximate surface area is 140 Å². The molecule has 0 saturated carbocycles. The average Bonchev–Trinajstić information content (AvgIpc) is 3.18. The SMILES string of the molecule is Cc1cc2n(n1)[C@H](c1c[nH]c3ccccc13)Nc1c(C)cccc1-2. The van der Waals surface area contributed by atoms with Crippen LogP contribution in [-0.4, -0.2) is 14.8 Å². The summed E-state index contributed by atoms with van der Waals surface area (Å²) < 4.78 is 2.10. The van der Waals surface area contributed by atoms with Crippen molar-refractivity contribution in [2.24, 2.45) is 0 Å². The molecule has 2 aromatic heterocycles. The third kappa shape index (κ3) is 1.77. The Morgan fingerprint density at radius 1 is 1.04 bits per heavy atom. The number of fused-ring (bicyclic) bond motifs is 4. The number of H-pyrrole nitrogens is 1. The van der Waals surface area contributed by atoms with Gasteiger partial charge in [-0.1, -0.05) is 36.4 Å². The quantitative estimate of drug-likeness (QED) is 0.538. The summed E-state index contributed by atoms with van der Waals surface area (Å²) in [5.74, 6) is 0. The molecule has 1 aliphatic rings. The normalized spacial score (nSPS) is 15.8. The van der Waals surface area contributed by atoms with Gasteiger partial charge in [0, 0.05) is 33.9 Å².